The van der Waals surface area contributed by atoms with E-state index in [-0.39, 0.29) is 12.1 Å². The molecule has 0 spiro atoms. The molecule has 1 aliphatic carbocycles. The van der Waals surface area contributed by atoms with Crippen molar-refractivity contribution in [2.45, 2.75) is 38.6 Å². The van der Waals surface area contributed by atoms with Crippen molar-refractivity contribution in [2.24, 2.45) is 5.92 Å². The van der Waals surface area contributed by atoms with E-state index in [9.17, 15) is 9.59 Å². The van der Waals surface area contributed by atoms with Crippen LogP contribution < -0.4 is 10.6 Å². The molecule has 0 bridgehead atoms. The number of rotatable bonds is 4. The molecule has 1 fully saturated rings. The molecule has 3 N–H and O–H groups in total. The first-order valence-corrected chi connectivity index (χ1v) is 6.99. The molecule has 0 aromatic heterocycles. The van der Waals surface area contributed by atoms with Crippen LogP contribution >= 0.6 is 0 Å². The lowest BCUT2D eigenvalue weighted by molar-refractivity contribution is -0.142. The smallest absolute Gasteiger partial charge is 0.319 e. The van der Waals surface area contributed by atoms with E-state index in [1.54, 1.807) is 0 Å². The maximum absolute atomic E-state index is 11.9. The predicted octanol–water partition coefficient (Wildman–Crippen LogP) is 2.62. The molecule has 2 rings (SSSR count). The third-order valence-corrected chi connectivity index (χ3v) is 3.77. The number of aliphatic carboxylic acids is 1. The summed E-state index contributed by atoms with van der Waals surface area (Å²) in [6.45, 7) is 2.07. The fourth-order valence-corrected chi connectivity index (χ4v) is 2.59. The van der Waals surface area contributed by atoms with Crippen molar-refractivity contribution in [1.29, 1.82) is 0 Å². The minimum atomic E-state index is -0.833. The number of carbonyl (C=O) groups is 2. The van der Waals surface area contributed by atoms with Crippen LogP contribution in [0.2, 0.25) is 0 Å². The lowest BCUT2D eigenvalue weighted by atomic mass is 10.0. The van der Waals surface area contributed by atoms with E-state index in [0.29, 0.717) is 12.1 Å². The van der Waals surface area contributed by atoms with Crippen LogP contribution in [0.1, 0.15) is 31.7 Å². The van der Waals surface area contributed by atoms with Crippen LogP contribution in [0.5, 0.6) is 0 Å². The van der Waals surface area contributed by atoms with Gasteiger partial charge in [0.25, 0.3) is 0 Å². The first-order chi connectivity index (χ1) is 9.60. The topological polar surface area (TPSA) is 78.4 Å². The third kappa shape index (κ3) is 3.50. The third-order valence-electron chi connectivity index (χ3n) is 3.77. The van der Waals surface area contributed by atoms with Crippen molar-refractivity contribution in [3.05, 3.63) is 29.8 Å². The van der Waals surface area contributed by atoms with Crippen LogP contribution in [0.15, 0.2) is 24.3 Å². The molecule has 2 unspecified atom stereocenters. The first kappa shape index (κ1) is 14.4. The standard InChI is InChI=1S/C15H20N2O3/c1-2-10-6-8-11(9-7-10)16-15(20)17-13-5-3-4-12(13)14(18)19/h6-9,12-13H,2-5H2,1H3,(H,18,19)(H2,16,17,20). The highest BCUT2D eigenvalue weighted by atomic mass is 16.4. The Morgan fingerprint density at radius 2 is 1.95 bits per heavy atom. The van der Waals surface area contributed by atoms with E-state index < -0.39 is 11.9 Å². The quantitative estimate of drug-likeness (QED) is 0.791. The average molecular weight is 276 g/mol. The average Bonchev–Trinajstić information content (AvgIpc) is 2.87. The molecular weight excluding hydrogens is 256 g/mol. The van der Waals surface area contributed by atoms with Gasteiger partial charge in [0, 0.05) is 11.7 Å². The second kappa shape index (κ2) is 6.41. The zero-order chi connectivity index (χ0) is 14.5. The van der Waals surface area contributed by atoms with E-state index in [2.05, 4.69) is 17.6 Å². The summed E-state index contributed by atoms with van der Waals surface area (Å²) in [4.78, 5) is 22.9. The number of hydrogen-bond donors (Lipinski definition) is 3. The van der Waals surface area contributed by atoms with Crippen LogP contribution in [0, 0.1) is 5.92 Å². The van der Waals surface area contributed by atoms with Gasteiger partial charge < -0.3 is 15.7 Å². The van der Waals surface area contributed by atoms with Gasteiger partial charge in [-0.3, -0.25) is 4.79 Å². The van der Waals surface area contributed by atoms with Gasteiger partial charge in [0.1, 0.15) is 0 Å². The van der Waals surface area contributed by atoms with Crippen molar-refractivity contribution in [1.82, 2.24) is 5.32 Å². The first-order valence-electron chi connectivity index (χ1n) is 6.99. The molecule has 5 heteroatoms. The highest BCUT2D eigenvalue weighted by Gasteiger charge is 2.33. The number of carboxylic acid groups (broad SMARTS) is 1. The minimum Gasteiger partial charge on any atom is -0.481 e. The molecule has 0 heterocycles. The molecule has 0 radical (unpaired) electrons. The summed E-state index contributed by atoms with van der Waals surface area (Å²) >= 11 is 0. The maximum atomic E-state index is 11.9. The van der Waals surface area contributed by atoms with Crippen LogP contribution in [-0.2, 0) is 11.2 Å². The zero-order valence-electron chi connectivity index (χ0n) is 11.6. The molecule has 0 saturated heterocycles. The normalized spacial score (nSPS) is 21.4. The fraction of sp³-hybridized carbons (Fsp3) is 0.467. The van der Waals surface area contributed by atoms with E-state index in [4.69, 9.17) is 5.11 Å². The van der Waals surface area contributed by atoms with Gasteiger partial charge in [-0.15, -0.1) is 0 Å². The van der Waals surface area contributed by atoms with Crippen molar-refractivity contribution >= 4 is 17.7 Å². The second-order valence-electron chi connectivity index (χ2n) is 5.13. The van der Waals surface area contributed by atoms with E-state index >= 15 is 0 Å². The Hall–Kier alpha value is -2.04. The van der Waals surface area contributed by atoms with Gasteiger partial charge in [0.15, 0.2) is 0 Å². The number of hydrogen-bond acceptors (Lipinski definition) is 2. The Labute approximate surface area is 118 Å². The largest absolute Gasteiger partial charge is 0.481 e. The van der Waals surface area contributed by atoms with Gasteiger partial charge in [-0.1, -0.05) is 25.5 Å². The Balaban J connectivity index is 1.90. The lowest BCUT2D eigenvalue weighted by Gasteiger charge is -2.18. The van der Waals surface area contributed by atoms with Crippen LogP contribution in [0.3, 0.4) is 0 Å². The van der Waals surface area contributed by atoms with Gasteiger partial charge in [-0.2, -0.15) is 0 Å². The van der Waals surface area contributed by atoms with Gasteiger partial charge in [-0.25, -0.2) is 4.79 Å². The van der Waals surface area contributed by atoms with Gasteiger partial charge in [0.2, 0.25) is 0 Å². The number of carboxylic acids is 1. The molecule has 108 valence electrons. The number of carbonyl (C=O) groups excluding carboxylic acids is 1. The Bertz CT molecular complexity index is 484. The van der Waals surface area contributed by atoms with Gasteiger partial charge in [-0.05, 0) is 37.0 Å². The molecule has 5 nitrogen and oxygen atoms in total. The van der Waals surface area contributed by atoms with Crippen molar-refractivity contribution < 1.29 is 14.7 Å². The molecular formula is C15H20N2O3. The summed E-state index contributed by atoms with van der Waals surface area (Å²) in [5, 5.41) is 14.6. The summed E-state index contributed by atoms with van der Waals surface area (Å²) in [6, 6.07) is 7.01. The maximum Gasteiger partial charge on any atom is 0.319 e. The monoisotopic (exact) mass is 276 g/mol. The molecule has 2 amide bonds. The molecule has 1 aromatic rings. The van der Waals surface area contributed by atoms with Gasteiger partial charge >= 0.3 is 12.0 Å². The highest BCUT2D eigenvalue weighted by molar-refractivity contribution is 5.89. The molecule has 1 aliphatic rings. The second-order valence-corrected chi connectivity index (χ2v) is 5.13. The number of aryl methyl sites for hydroxylation is 1. The Morgan fingerprint density at radius 1 is 1.25 bits per heavy atom. The van der Waals surface area contributed by atoms with Crippen molar-refractivity contribution in [3.8, 4) is 0 Å². The number of nitrogens with one attached hydrogen (secondary N) is 2. The number of urea groups is 1. The fourth-order valence-electron chi connectivity index (χ4n) is 2.59. The van der Waals surface area contributed by atoms with E-state index in [1.807, 2.05) is 24.3 Å². The molecule has 2 atom stereocenters. The summed E-state index contributed by atoms with van der Waals surface area (Å²) in [5.74, 6) is -1.30. The number of amides is 2. The molecule has 1 saturated carbocycles. The number of benzene rings is 1. The minimum absolute atomic E-state index is 0.276. The molecule has 20 heavy (non-hydrogen) atoms. The van der Waals surface area contributed by atoms with Crippen molar-refractivity contribution in [2.75, 3.05) is 5.32 Å². The number of anilines is 1. The van der Waals surface area contributed by atoms with Crippen LogP contribution in [0.4, 0.5) is 10.5 Å². The lowest BCUT2D eigenvalue weighted by Crippen LogP contribution is -2.42. The zero-order valence-corrected chi connectivity index (χ0v) is 11.6. The predicted molar refractivity (Wildman–Crippen MR) is 76.7 cm³/mol. The molecule has 0 aliphatic heterocycles. The molecule has 1 aromatic carbocycles. The van der Waals surface area contributed by atoms with Crippen LogP contribution in [0.25, 0.3) is 0 Å². The summed E-state index contributed by atoms with van der Waals surface area (Å²) in [6.07, 6.45) is 3.15. The van der Waals surface area contributed by atoms with Crippen LogP contribution in [-0.4, -0.2) is 23.1 Å². The highest BCUT2D eigenvalue weighted by Crippen LogP contribution is 2.25. The summed E-state index contributed by atoms with van der Waals surface area (Å²) in [7, 11) is 0. The Morgan fingerprint density at radius 3 is 2.55 bits per heavy atom. The SMILES string of the molecule is CCc1ccc(NC(=O)NC2CCCC2C(=O)O)cc1. The Kier molecular flexibility index (Phi) is 4.61. The van der Waals surface area contributed by atoms with Gasteiger partial charge in [0.05, 0.1) is 5.92 Å². The van der Waals surface area contributed by atoms with E-state index in [1.165, 1.54) is 5.56 Å². The summed E-state index contributed by atoms with van der Waals surface area (Å²) < 4.78 is 0. The van der Waals surface area contributed by atoms with E-state index in [0.717, 1.165) is 19.3 Å². The van der Waals surface area contributed by atoms with Crippen molar-refractivity contribution in [3.63, 3.8) is 0 Å². The summed E-state index contributed by atoms with van der Waals surface area (Å²) in [5.41, 5.74) is 1.92.